The lowest BCUT2D eigenvalue weighted by atomic mass is 10.1. The summed E-state index contributed by atoms with van der Waals surface area (Å²) >= 11 is 7.15. The minimum atomic E-state index is -0.992. The van der Waals surface area contributed by atoms with Gasteiger partial charge in [-0.1, -0.05) is 23.7 Å². The fourth-order valence-corrected chi connectivity index (χ4v) is 4.56. The van der Waals surface area contributed by atoms with E-state index in [4.69, 9.17) is 26.3 Å². The number of pyridine rings is 1. The lowest BCUT2D eigenvalue weighted by molar-refractivity contribution is 0.0677. The molecule has 0 atom stereocenters. The summed E-state index contributed by atoms with van der Waals surface area (Å²) in [5.74, 6) is -0.203. The molecule has 1 aliphatic rings. The standard InChI is InChI=1S/C21H20ClN3O3S/c1-12-11-16(14-3-5-15(22)6-4-14)24-20-17(12)18(19(29-20)21(26)27)23-13(2)25-7-9-28-10-8-25/h3-6,11H,7-10H2,1-2H3,(H,26,27). The SMILES string of the molecule is CC(=Nc1c(C(=O)O)sc2nc(-c3ccc(Cl)cc3)cc(C)c12)N1CCOCC1. The normalized spacial score (nSPS) is 15.1. The van der Waals surface area contributed by atoms with Gasteiger partial charge in [0.1, 0.15) is 21.2 Å². The topological polar surface area (TPSA) is 75.0 Å². The molecule has 1 aliphatic heterocycles. The zero-order valence-corrected chi connectivity index (χ0v) is 17.7. The van der Waals surface area contributed by atoms with Gasteiger partial charge in [-0.25, -0.2) is 14.8 Å². The molecular formula is C21H20ClN3O3S. The third-order valence-corrected chi connectivity index (χ3v) is 6.22. The molecule has 0 unspecified atom stereocenters. The van der Waals surface area contributed by atoms with E-state index >= 15 is 0 Å². The van der Waals surface area contributed by atoms with Gasteiger partial charge < -0.3 is 14.7 Å². The van der Waals surface area contributed by atoms with Gasteiger partial charge in [0.15, 0.2) is 0 Å². The average molecular weight is 430 g/mol. The molecule has 1 saturated heterocycles. The van der Waals surface area contributed by atoms with E-state index in [1.807, 2.05) is 44.2 Å². The third kappa shape index (κ3) is 3.99. The van der Waals surface area contributed by atoms with Crippen molar-refractivity contribution in [2.24, 2.45) is 4.99 Å². The molecule has 8 heteroatoms. The molecule has 0 amide bonds. The van der Waals surface area contributed by atoms with Crippen molar-refractivity contribution in [2.75, 3.05) is 26.3 Å². The summed E-state index contributed by atoms with van der Waals surface area (Å²) in [7, 11) is 0. The van der Waals surface area contributed by atoms with Gasteiger partial charge in [-0.15, -0.1) is 11.3 Å². The summed E-state index contributed by atoms with van der Waals surface area (Å²) in [6.07, 6.45) is 0. The van der Waals surface area contributed by atoms with Crippen molar-refractivity contribution >= 4 is 50.6 Å². The largest absolute Gasteiger partial charge is 0.477 e. The molecule has 29 heavy (non-hydrogen) atoms. The Kier molecular flexibility index (Phi) is 5.54. The Labute approximate surface area is 177 Å². The van der Waals surface area contributed by atoms with Crippen LogP contribution in [0.5, 0.6) is 0 Å². The van der Waals surface area contributed by atoms with Crippen LogP contribution in [0.1, 0.15) is 22.2 Å². The number of aryl methyl sites for hydroxylation is 1. The number of aliphatic imine (C=N–C) groups is 1. The maximum atomic E-state index is 11.9. The van der Waals surface area contributed by atoms with Crippen LogP contribution in [-0.2, 0) is 4.74 Å². The van der Waals surface area contributed by atoms with Gasteiger partial charge in [-0.2, -0.15) is 0 Å². The molecule has 150 valence electrons. The first kappa shape index (κ1) is 19.8. The molecule has 3 heterocycles. The number of carbonyl (C=O) groups is 1. The summed E-state index contributed by atoms with van der Waals surface area (Å²) < 4.78 is 5.39. The maximum Gasteiger partial charge on any atom is 0.348 e. The Morgan fingerprint density at radius 2 is 1.97 bits per heavy atom. The number of nitrogens with zero attached hydrogens (tertiary/aromatic N) is 3. The quantitative estimate of drug-likeness (QED) is 0.468. The zero-order chi connectivity index (χ0) is 20.5. The fraction of sp³-hybridized carbons (Fsp3) is 0.286. The number of aromatic nitrogens is 1. The van der Waals surface area contributed by atoms with E-state index in [0.29, 0.717) is 28.8 Å². The molecule has 4 rings (SSSR count). The van der Waals surface area contributed by atoms with Crippen molar-refractivity contribution in [1.82, 2.24) is 9.88 Å². The second-order valence-electron chi connectivity index (χ2n) is 6.85. The summed E-state index contributed by atoms with van der Waals surface area (Å²) in [5, 5.41) is 11.2. The van der Waals surface area contributed by atoms with E-state index in [1.165, 1.54) is 0 Å². The molecule has 0 aliphatic carbocycles. The van der Waals surface area contributed by atoms with Gasteiger partial charge in [-0.3, -0.25) is 0 Å². The molecule has 6 nitrogen and oxygen atoms in total. The van der Waals surface area contributed by atoms with E-state index < -0.39 is 5.97 Å². The minimum absolute atomic E-state index is 0.205. The van der Waals surface area contributed by atoms with Crippen molar-refractivity contribution in [2.45, 2.75) is 13.8 Å². The van der Waals surface area contributed by atoms with Gasteiger partial charge in [0.25, 0.3) is 0 Å². The van der Waals surface area contributed by atoms with Crippen molar-refractivity contribution in [3.05, 3.63) is 45.8 Å². The van der Waals surface area contributed by atoms with Crippen molar-refractivity contribution in [1.29, 1.82) is 0 Å². The second kappa shape index (κ2) is 8.10. The van der Waals surface area contributed by atoms with Gasteiger partial charge in [-0.05, 0) is 37.6 Å². The molecule has 1 aromatic carbocycles. The highest BCUT2D eigenvalue weighted by Gasteiger charge is 2.22. The van der Waals surface area contributed by atoms with Gasteiger partial charge in [0, 0.05) is 29.1 Å². The number of halogens is 1. The number of rotatable bonds is 3. The Balaban J connectivity index is 1.84. The molecule has 1 N–H and O–H groups in total. The van der Waals surface area contributed by atoms with Crippen LogP contribution in [0.3, 0.4) is 0 Å². The number of amidine groups is 1. The molecular weight excluding hydrogens is 410 g/mol. The van der Waals surface area contributed by atoms with Crippen molar-refractivity contribution < 1.29 is 14.6 Å². The number of ether oxygens (including phenoxy) is 1. The van der Waals surface area contributed by atoms with E-state index in [2.05, 4.69) is 4.90 Å². The molecule has 0 saturated carbocycles. The number of aromatic carboxylic acids is 1. The first-order valence-electron chi connectivity index (χ1n) is 9.25. The average Bonchev–Trinajstić information content (AvgIpc) is 3.08. The van der Waals surface area contributed by atoms with E-state index in [-0.39, 0.29) is 4.88 Å². The van der Waals surface area contributed by atoms with Gasteiger partial charge in [0.2, 0.25) is 0 Å². The number of carboxylic acid groups (broad SMARTS) is 1. The number of thiophene rings is 1. The molecule has 2 aromatic heterocycles. The minimum Gasteiger partial charge on any atom is -0.477 e. The smallest absolute Gasteiger partial charge is 0.348 e. The number of hydrogen-bond acceptors (Lipinski definition) is 5. The Hall–Kier alpha value is -2.48. The number of carboxylic acids is 1. The summed E-state index contributed by atoms with van der Waals surface area (Å²) in [5.41, 5.74) is 3.14. The third-order valence-electron chi connectivity index (χ3n) is 4.91. The van der Waals surface area contributed by atoms with Crippen molar-refractivity contribution in [3.63, 3.8) is 0 Å². The Morgan fingerprint density at radius 3 is 2.62 bits per heavy atom. The predicted molar refractivity (Wildman–Crippen MR) is 117 cm³/mol. The summed E-state index contributed by atoms with van der Waals surface area (Å²) in [6, 6.07) is 9.41. The first-order valence-corrected chi connectivity index (χ1v) is 10.4. The maximum absolute atomic E-state index is 11.9. The summed E-state index contributed by atoms with van der Waals surface area (Å²) in [6.45, 7) is 6.66. The van der Waals surface area contributed by atoms with Crippen molar-refractivity contribution in [3.8, 4) is 11.3 Å². The van der Waals surface area contributed by atoms with E-state index in [0.717, 1.165) is 52.5 Å². The van der Waals surface area contributed by atoms with Crippen LogP contribution in [0, 0.1) is 6.92 Å². The molecule has 3 aromatic rings. The Morgan fingerprint density at radius 1 is 1.28 bits per heavy atom. The Bertz CT molecular complexity index is 1100. The monoisotopic (exact) mass is 429 g/mol. The molecule has 1 fully saturated rings. The van der Waals surface area contributed by atoms with Crippen LogP contribution in [0.2, 0.25) is 5.02 Å². The highest BCUT2D eigenvalue weighted by atomic mass is 35.5. The zero-order valence-electron chi connectivity index (χ0n) is 16.1. The van der Waals surface area contributed by atoms with E-state index in [1.54, 1.807) is 0 Å². The van der Waals surface area contributed by atoms with Gasteiger partial charge in [0.05, 0.1) is 18.9 Å². The number of benzene rings is 1. The summed E-state index contributed by atoms with van der Waals surface area (Å²) in [4.78, 5) is 24.4. The first-order chi connectivity index (χ1) is 13.9. The second-order valence-corrected chi connectivity index (χ2v) is 8.29. The van der Waals surface area contributed by atoms with Crippen LogP contribution in [-0.4, -0.2) is 53.1 Å². The van der Waals surface area contributed by atoms with Gasteiger partial charge >= 0.3 is 5.97 Å². The molecule has 0 radical (unpaired) electrons. The molecule has 0 spiro atoms. The van der Waals surface area contributed by atoms with Crippen LogP contribution < -0.4 is 0 Å². The molecule has 0 bridgehead atoms. The van der Waals surface area contributed by atoms with Crippen LogP contribution >= 0.6 is 22.9 Å². The highest BCUT2D eigenvalue weighted by molar-refractivity contribution is 7.21. The lowest BCUT2D eigenvalue weighted by Gasteiger charge is -2.28. The number of morpholine rings is 1. The predicted octanol–water partition coefficient (Wildman–Crippen LogP) is 5.01. The fourth-order valence-electron chi connectivity index (χ4n) is 3.40. The number of fused-ring (bicyclic) bond motifs is 1. The van der Waals surface area contributed by atoms with E-state index in [9.17, 15) is 9.90 Å². The highest BCUT2D eigenvalue weighted by Crippen LogP contribution is 2.40. The van der Waals surface area contributed by atoms with Crippen LogP contribution in [0.4, 0.5) is 5.69 Å². The van der Waals surface area contributed by atoms with Crippen LogP contribution in [0.25, 0.3) is 21.5 Å². The lowest BCUT2D eigenvalue weighted by Crippen LogP contribution is -2.39. The van der Waals surface area contributed by atoms with Crippen LogP contribution in [0.15, 0.2) is 35.3 Å². The number of hydrogen-bond donors (Lipinski definition) is 1.